The number of benzene rings is 2. The van der Waals surface area contributed by atoms with E-state index in [4.69, 9.17) is 4.74 Å². The number of nitrogens with zero attached hydrogens (tertiary/aromatic N) is 3. The second-order valence-electron chi connectivity index (χ2n) is 7.34. The molecule has 170 valence electrons. The first-order chi connectivity index (χ1) is 15.2. The van der Waals surface area contributed by atoms with E-state index in [9.17, 15) is 21.6 Å². The molecule has 6 nitrogen and oxygen atoms in total. The van der Waals surface area contributed by atoms with Crippen LogP contribution in [0.1, 0.15) is 18.3 Å². The van der Waals surface area contributed by atoms with Crippen molar-refractivity contribution in [2.75, 3.05) is 31.2 Å². The lowest BCUT2D eigenvalue weighted by molar-refractivity contribution is -0.0435. The SMILES string of the molecule is CCn1c(C=Cc2ccc(N3CCOCC3)cc2)nc2cc(S(=O)(=O)C(F)(F)F)ccc21. The van der Waals surface area contributed by atoms with Gasteiger partial charge in [-0.25, -0.2) is 13.4 Å². The third kappa shape index (κ3) is 4.24. The van der Waals surface area contributed by atoms with E-state index in [-0.39, 0.29) is 5.52 Å². The molecule has 1 saturated heterocycles. The van der Waals surface area contributed by atoms with Gasteiger partial charge in [0.05, 0.1) is 29.1 Å². The zero-order valence-corrected chi connectivity index (χ0v) is 18.2. The Labute approximate surface area is 183 Å². The molecular formula is C22H22F3N3O3S. The molecule has 1 fully saturated rings. The van der Waals surface area contributed by atoms with Gasteiger partial charge in [0.25, 0.3) is 9.84 Å². The molecule has 0 unspecified atom stereocenters. The van der Waals surface area contributed by atoms with Crippen molar-refractivity contribution in [2.45, 2.75) is 23.9 Å². The van der Waals surface area contributed by atoms with Crippen LogP contribution in [-0.4, -0.2) is 49.8 Å². The molecule has 10 heteroatoms. The zero-order chi connectivity index (χ0) is 22.9. The number of sulfone groups is 1. The largest absolute Gasteiger partial charge is 0.501 e. The van der Waals surface area contributed by atoms with E-state index in [0.717, 1.165) is 36.5 Å². The summed E-state index contributed by atoms with van der Waals surface area (Å²) in [6, 6.07) is 11.3. The van der Waals surface area contributed by atoms with E-state index in [1.165, 1.54) is 6.07 Å². The molecular weight excluding hydrogens is 443 g/mol. The summed E-state index contributed by atoms with van der Waals surface area (Å²) in [6.07, 6.45) is 3.63. The standard InChI is InChI=1S/C22H22F3N3O3S/c1-2-28-20-9-8-18(32(29,30)22(23,24)25)15-19(20)26-21(28)10-5-16-3-6-17(7-4-16)27-11-13-31-14-12-27/h3-10,15H,2,11-14H2,1H3. The molecule has 0 spiro atoms. The molecule has 1 aliphatic rings. The quantitative estimate of drug-likeness (QED) is 0.560. The average molecular weight is 465 g/mol. The van der Waals surface area contributed by atoms with Crippen LogP contribution >= 0.6 is 0 Å². The molecule has 0 amide bonds. The molecule has 32 heavy (non-hydrogen) atoms. The summed E-state index contributed by atoms with van der Waals surface area (Å²) in [7, 11) is -5.43. The van der Waals surface area contributed by atoms with Gasteiger partial charge in [0.2, 0.25) is 0 Å². The maximum absolute atomic E-state index is 12.9. The van der Waals surface area contributed by atoms with E-state index < -0.39 is 20.2 Å². The van der Waals surface area contributed by atoms with Crippen LogP contribution in [0.3, 0.4) is 0 Å². The number of anilines is 1. The molecule has 3 aromatic rings. The van der Waals surface area contributed by atoms with Gasteiger partial charge in [-0.1, -0.05) is 18.2 Å². The van der Waals surface area contributed by atoms with E-state index in [1.807, 2.05) is 41.8 Å². The normalized spacial score (nSPS) is 15.7. The summed E-state index contributed by atoms with van der Waals surface area (Å²) < 4.78 is 69.3. The van der Waals surface area contributed by atoms with Crippen LogP contribution in [0.4, 0.5) is 18.9 Å². The highest BCUT2D eigenvalue weighted by Gasteiger charge is 2.47. The van der Waals surface area contributed by atoms with Gasteiger partial charge < -0.3 is 14.2 Å². The molecule has 0 atom stereocenters. The molecule has 0 aliphatic carbocycles. The first-order valence-electron chi connectivity index (χ1n) is 10.1. The fourth-order valence-corrected chi connectivity index (χ4v) is 4.46. The van der Waals surface area contributed by atoms with Gasteiger partial charge in [0.1, 0.15) is 5.82 Å². The number of alkyl halides is 3. The number of hydrogen-bond acceptors (Lipinski definition) is 5. The molecule has 0 bridgehead atoms. The third-order valence-corrected chi connectivity index (χ3v) is 6.86. The number of fused-ring (bicyclic) bond motifs is 1. The lowest BCUT2D eigenvalue weighted by atomic mass is 10.1. The van der Waals surface area contributed by atoms with Crippen molar-refractivity contribution >= 4 is 38.7 Å². The van der Waals surface area contributed by atoms with Crippen LogP contribution in [0.5, 0.6) is 0 Å². The van der Waals surface area contributed by atoms with Gasteiger partial charge >= 0.3 is 5.51 Å². The Kier molecular flexibility index (Phi) is 6.00. The number of halogens is 3. The Balaban J connectivity index is 1.62. The Morgan fingerprint density at radius 3 is 2.38 bits per heavy atom. The Bertz CT molecular complexity index is 1240. The highest BCUT2D eigenvalue weighted by molar-refractivity contribution is 7.92. The van der Waals surface area contributed by atoms with Crippen LogP contribution in [0.2, 0.25) is 0 Å². The monoisotopic (exact) mass is 465 g/mol. The van der Waals surface area contributed by atoms with Gasteiger partial charge in [0, 0.05) is 25.3 Å². The number of morpholine rings is 1. The van der Waals surface area contributed by atoms with E-state index >= 15 is 0 Å². The minimum atomic E-state index is -5.43. The molecule has 1 aliphatic heterocycles. The van der Waals surface area contributed by atoms with Crippen LogP contribution in [-0.2, 0) is 21.1 Å². The van der Waals surface area contributed by atoms with Crippen molar-refractivity contribution in [3.8, 4) is 0 Å². The highest BCUT2D eigenvalue weighted by atomic mass is 32.2. The minimum absolute atomic E-state index is 0.194. The molecule has 0 radical (unpaired) electrons. The number of imidazole rings is 1. The predicted molar refractivity (Wildman–Crippen MR) is 117 cm³/mol. The van der Waals surface area contributed by atoms with E-state index in [2.05, 4.69) is 9.88 Å². The van der Waals surface area contributed by atoms with Crippen molar-refractivity contribution in [1.29, 1.82) is 0 Å². The topological polar surface area (TPSA) is 64.4 Å². The molecule has 1 aromatic heterocycles. The van der Waals surface area contributed by atoms with Gasteiger partial charge in [-0.3, -0.25) is 0 Å². The fourth-order valence-electron chi connectivity index (χ4n) is 3.68. The van der Waals surface area contributed by atoms with Crippen molar-refractivity contribution in [3.63, 3.8) is 0 Å². The average Bonchev–Trinajstić information content (AvgIpc) is 3.14. The Morgan fingerprint density at radius 1 is 1.06 bits per heavy atom. The number of ether oxygens (including phenoxy) is 1. The van der Waals surface area contributed by atoms with Crippen LogP contribution in [0.15, 0.2) is 47.4 Å². The Morgan fingerprint density at radius 2 is 1.75 bits per heavy atom. The summed E-state index contributed by atoms with van der Waals surface area (Å²) in [6.45, 7) is 5.53. The minimum Gasteiger partial charge on any atom is -0.378 e. The first-order valence-corrected chi connectivity index (χ1v) is 11.6. The number of rotatable bonds is 5. The first kappa shape index (κ1) is 22.3. The number of aromatic nitrogens is 2. The van der Waals surface area contributed by atoms with E-state index in [1.54, 1.807) is 6.08 Å². The van der Waals surface area contributed by atoms with Gasteiger partial charge in [-0.2, -0.15) is 13.2 Å². The molecule has 2 heterocycles. The second-order valence-corrected chi connectivity index (χ2v) is 9.28. The third-order valence-electron chi connectivity index (χ3n) is 5.37. The van der Waals surface area contributed by atoms with Crippen molar-refractivity contribution in [2.24, 2.45) is 0 Å². The maximum Gasteiger partial charge on any atom is 0.501 e. The summed E-state index contributed by atoms with van der Waals surface area (Å²) in [5.41, 5.74) is -2.54. The summed E-state index contributed by atoms with van der Waals surface area (Å²) >= 11 is 0. The zero-order valence-electron chi connectivity index (χ0n) is 17.3. The summed E-state index contributed by atoms with van der Waals surface area (Å²) in [4.78, 5) is 5.81. The summed E-state index contributed by atoms with van der Waals surface area (Å²) in [5.74, 6) is 0.529. The lowest BCUT2D eigenvalue weighted by Crippen LogP contribution is -2.36. The van der Waals surface area contributed by atoms with Crippen molar-refractivity contribution in [3.05, 3.63) is 53.9 Å². The molecule has 0 N–H and O–H groups in total. The summed E-state index contributed by atoms with van der Waals surface area (Å²) in [5, 5.41) is 0. The van der Waals surface area contributed by atoms with Crippen LogP contribution in [0.25, 0.3) is 23.2 Å². The fraction of sp³-hybridized carbons (Fsp3) is 0.318. The second kappa shape index (κ2) is 8.59. The smallest absolute Gasteiger partial charge is 0.378 e. The van der Waals surface area contributed by atoms with Crippen LogP contribution in [0, 0.1) is 0 Å². The van der Waals surface area contributed by atoms with Crippen molar-refractivity contribution in [1.82, 2.24) is 9.55 Å². The van der Waals surface area contributed by atoms with Gasteiger partial charge in [-0.15, -0.1) is 0 Å². The lowest BCUT2D eigenvalue weighted by Gasteiger charge is -2.28. The van der Waals surface area contributed by atoms with Gasteiger partial charge in [-0.05, 0) is 48.9 Å². The molecule has 4 rings (SSSR count). The van der Waals surface area contributed by atoms with Crippen molar-refractivity contribution < 1.29 is 26.3 Å². The number of hydrogen-bond donors (Lipinski definition) is 0. The number of aryl methyl sites for hydroxylation is 1. The maximum atomic E-state index is 12.9. The van der Waals surface area contributed by atoms with Gasteiger partial charge in [0.15, 0.2) is 0 Å². The highest BCUT2D eigenvalue weighted by Crippen LogP contribution is 2.32. The molecule has 2 aromatic carbocycles. The predicted octanol–water partition coefficient (Wildman–Crippen LogP) is 4.36. The molecule has 0 saturated carbocycles. The van der Waals surface area contributed by atoms with Crippen LogP contribution < -0.4 is 4.90 Å². The Hall–Kier alpha value is -2.85. The van der Waals surface area contributed by atoms with E-state index in [0.29, 0.717) is 31.1 Å².